The van der Waals surface area contributed by atoms with E-state index in [2.05, 4.69) is 34.3 Å². The van der Waals surface area contributed by atoms with Crippen LogP contribution < -0.4 is 0 Å². The van der Waals surface area contributed by atoms with Crippen molar-refractivity contribution < 1.29 is 5.11 Å². The first-order valence-corrected chi connectivity index (χ1v) is 4.83. The Morgan fingerprint density at radius 2 is 1.33 bits per heavy atom. The molecule has 70 valence electrons. The molecule has 0 bridgehead atoms. The van der Waals surface area contributed by atoms with Gasteiger partial charge in [-0.1, -0.05) is 39.8 Å². The van der Waals surface area contributed by atoms with Crippen LogP contribution in [-0.2, 0) is 0 Å². The summed E-state index contributed by atoms with van der Waals surface area (Å²) in [6.07, 6.45) is -0.152. The van der Waals surface area contributed by atoms with Crippen LogP contribution in [0.25, 0.3) is 0 Å². The molecular formula is C11H20O. The van der Waals surface area contributed by atoms with Gasteiger partial charge in [-0.25, -0.2) is 0 Å². The van der Waals surface area contributed by atoms with Crippen LogP contribution in [0.5, 0.6) is 0 Å². The van der Waals surface area contributed by atoms with Gasteiger partial charge in [0.1, 0.15) is 0 Å². The van der Waals surface area contributed by atoms with Gasteiger partial charge in [0.05, 0.1) is 6.10 Å². The molecule has 1 N–H and O–H groups in total. The minimum Gasteiger partial charge on any atom is -0.393 e. The molecule has 1 fully saturated rings. The highest BCUT2D eigenvalue weighted by Crippen LogP contribution is 2.40. The van der Waals surface area contributed by atoms with Crippen molar-refractivity contribution in [3.63, 3.8) is 0 Å². The van der Waals surface area contributed by atoms with E-state index < -0.39 is 0 Å². The molecule has 1 nitrogen and oxygen atoms in total. The van der Waals surface area contributed by atoms with Crippen LogP contribution in [0.15, 0.2) is 12.2 Å². The van der Waals surface area contributed by atoms with Crippen molar-refractivity contribution in [2.24, 2.45) is 23.7 Å². The van der Waals surface area contributed by atoms with E-state index in [1.807, 2.05) is 0 Å². The summed E-state index contributed by atoms with van der Waals surface area (Å²) in [7, 11) is 0. The summed E-state index contributed by atoms with van der Waals surface area (Å²) >= 11 is 0. The SMILES string of the molecule is C=C1C(C)C(C)C(O)C(C)C1C. The van der Waals surface area contributed by atoms with E-state index in [1.165, 1.54) is 5.57 Å². The number of allylic oxidation sites excluding steroid dienone is 1. The first-order valence-electron chi connectivity index (χ1n) is 4.83. The second kappa shape index (κ2) is 3.21. The molecule has 1 saturated carbocycles. The molecule has 1 heteroatoms. The lowest BCUT2D eigenvalue weighted by molar-refractivity contribution is 0.00633. The van der Waals surface area contributed by atoms with Crippen molar-refractivity contribution in [1.29, 1.82) is 0 Å². The lowest BCUT2D eigenvalue weighted by Gasteiger charge is -2.41. The van der Waals surface area contributed by atoms with Gasteiger partial charge in [-0.2, -0.15) is 0 Å². The standard InChI is InChI=1S/C11H20O/c1-6-7(2)9(4)11(12)10(5)8(6)3/h7-12H,1H2,2-5H3. The average molecular weight is 168 g/mol. The number of aliphatic hydroxyl groups excluding tert-OH is 1. The molecular weight excluding hydrogens is 148 g/mol. The van der Waals surface area contributed by atoms with Crippen molar-refractivity contribution in [2.45, 2.75) is 33.8 Å². The predicted molar refractivity (Wildman–Crippen MR) is 51.8 cm³/mol. The van der Waals surface area contributed by atoms with Gasteiger partial charge in [-0.3, -0.25) is 0 Å². The van der Waals surface area contributed by atoms with Crippen molar-refractivity contribution in [1.82, 2.24) is 0 Å². The molecule has 4 atom stereocenters. The first-order chi connectivity index (χ1) is 5.46. The van der Waals surface area contributed by atoms with E-state index in [0.717, 1.165) is 0 Å². The van der Waals surface area contributed by atoms with Gasteiger partial charge >= 0.3 is 0 Å². The first kappa shape index (κ1) is 9.79. The molecule has 0 aromatic carbocycles. The molecule has 4 unspecified atom stereocenters. The Bertz CT molecular complexity index is 167. The van der Waals surface area contributed by atoms with Crippen molar-refractivity contribution >= 4 is 0 Å². The number of hydrogen-bond donors (Lipinski definition) is 1. The zero-order chi connectivity index (χ0) is 9.46. The van der Waals surface area contributed by atoms with E-state index in [4.69, 9.17) is 0 Å². The molecule has 0 aliphatic heterocycles. The fraction of sp³-hybridized carbons (Fsp3) is 0.818. The molecule has 0 heterocycles. The van der Waals surface area contributed by atoms with Gasteiger partial charge in [0, 0.05) is 0 Å². The van der Waals surface area contributed by atoms with E-state index in [9.17, 15) is 5.11 Å². The van der Waals surface area contributed by atoms with Crippen LogP contribution in [0.4, 0.5) is 0 Å². The zero-order valence-electron chi connectivity index (χ0n) is 8.54. The van der Waals surface area contributed by atoms with Gasteiger partial charge < -0.3 is 5.11 Å². The van der Waals surface area contributed by atoms with Gasteiger partial charge in [-0.15, -0.1) is 0 Å². The monoisotopic (exact) mass is 168 g/mol. The second-order valence-electron chi connectivity index (χ2n) is 4.36. The van der Waals surface area contributed by atoms with E-state index in [0.29, 0.717) is 23.7 Å². The minimum absolute atomic E-state index is 0.152. The van der Waals surface area contributed by atoms with E-state index >= 15 is 0 Å². The summed E-state index contributed by atoms with van der Waals surface area (Å²) in [5, 5.41) is 9.86. The minimum atomic E-state index is -0.152. The maximum absolute atomic E-state index is 9.86. The normalized spacial score (nSPS) is 49.4. The molecule has 0 aromatic rings. The van der Waals surface area contributed by atoms with Gasteiger partial charge in [-0.05, 0) is 23.7 Å². The molecule has 0 spiro atoms. The van der Waals surface area contributed by atoms with Crippen LogP contribution >= 0.6 is 0 Å². The molecule has 1 rings (SSSR count). The van der Waals surface area contributed by atoms with Crippen LogP contribution in [0.2, 0.25) is 0 Å². The number of aliphatic hydroxyl groups is 1. The Hall–Kier alpha value is -0.300. The maximum Gasteiger partial charge on any atom is 0.0602 e. The second-order valence-corrected chi connectivity index (χ2v) is 4.36. The third-order valence-electron chi connectivity index (χ3n) is 3.82. The molecule has 0 aromatic heterocycles. The summed E-state index contributed by atoms with van der Waals surface area (Å²) < 4.78 is 0. The summed E-state index contributed by atoms with van der Waals surface area (Å²) in [6, 6.07) is 0. The Kier molecular flexibility index (Phi) is 2.62. The smallest absolute Gasteiger partial charge is 0.0602 e. The lowest BCUT2D eigenvalue weighted by Crippen LogP contribution is -2.40. The summed E-state index contributed by atoms with van der Waals surface area (Å²) in [4.78, 5) is 0. The van der Waals surface area contributed by atoms with Gasteiger partial charge in [0.2, 0.25) is 0 Å². The molecule has 1 aliphatic rings. The van der Waals surface area contributed by atoms with Gasteiger partial charge in [0.15, 0.2) is 0 Å². The van der Waals surface area contributed by atoms with E-state index in [1.54, 1.807) is 0 Å². The fourth-order valence-electron chi connectivity index (χ4n) is 2.16. The summed E-state index contributed by atoms with van der Waals surface area (Å²) in [5.41, 5.74) is 1.31. The highest BCUT2D eigenvalue weighted by Gasteiger charge is 2.37. The molecule has 0 amide bonds. The topological polar surface area (TPSA) is 20.2 Å². The Balaban J connectivity index is 2.83. The Morgan fingerprint density at radius 3 is 1.67 bits per heavy atom. The molecule has 1 aliphatic carbocycles. The molecule has 0 radical (unpaired) electrons. The maximum atomic E-state index is 9.86. The van der Waals surface area contributed by atoms with Crippen LogP contribution in [0.3, 0.4) is 0 Å². The summed E-state index contributed by atoms with van der Waals surface area (Å²) in [6.45, 7) is 12.7. The third-order valence-corrected chi connectivity index (χ3v) is 3.82. The zero-order valence-corrected chi connectivity index (χ0v) is 8.54. The summed E-state index contributed by atoms with van der Waals surface area (Å²) in [5.74, 6) is 1.66. The van der Waals surface area contributed by atoms with Crippen LogP contribution in [-0.4, -0.2) is 11.2 Å². The van der Waals surface area contributed by atoms with Crippen molar-refractivity contribution in [3.05, 3.63) is 12.2 Å². The highest BCUT2D eigenvalue weighted by molar-refractivity contribution is 5.12. The predicted octanol–water partition coefficient (Wildman–Crippen LogP) is 2.46. The fourth-order valence-corrected chi connectivity index (χ4v) is 2.16. The van der Waals surface area contributed by atoms with Crippen LogP contribution in [0.1, 0.15) is 27.7 Å². The highest BCUT2D eigenvalue weighted by atomic mass is 16.3. The Labute approximate surface area is 75.5 Å². The van der Waals surface area contributed by atoms with Gasteiger partial charge in [0.25, 0.3) is 0 Å². The lowest BCUT2D eigenvalue weighted by atomic mass is 9.66. The molecule has 0 saturated heterocycles. The third kappa shape index (κ3) is 1.31. The van der Waals surface area contributed by atoms with Crippen LogP contribution in [0, 0.1) is 23.7 Å². The molecule has 12 heavy (non-hydrogen) atoms. The average Bonchev–Trinajstić information content (AvgIpc) is 2.08. The van der Waals surface area contributed by atoms with Crippen molar-refractivity contribution in [3.8, 4) is 0 Å². The Morgan fingerprint density at radius 1 is 1.00 bits per heavy atom. The van der Waals surface area contributed by atoms with E-state index in [-0.39, 0.29) is 6.10 Å². The quantitative estimate of drug-likeness (QED) is 0.551. The largest absolute Gasteiger partial charge is 0.393 e. The number of rotatable bonds is 0. The number of hydrogen-bond acceptors (Lipinski definition) is 1. The van der Waals surface area contributed by atoms with Crippen molar-refractivity contribution in [2.75, 3.05) is 0 Å².